The van der Waals surface area contributed by atoms with E-state index in [2.05, 4.69) is 19.9 Å². The van der Waals surface area contributed by atoms with Crippen LogP contribution in [0, 0.1) is 13.8 Å². The second-order valence-corrected chi connectivity index (χ2v) is 6.22. The Bertz CT molecular complexity index is 542. The lowest BCUT2D eigenvalue weighted by molar-refractivity contribution is -0.138. The van der Waals surface area contributed by atoms with Crippen LogP contribution in [-0.4, -0.2) is 49.3 Å². The molecule has 5 nitrogen and oxygen atoms in total. The molecule has 2 aliphatic rings. The molecule has 0 aromatic heterocycles. The van der Waals surface area contributed by atoms with Crippen molar-refractivity contribution in [1.29, 1.82) is 0 Å². The first-order chi connectivity index (χ1) is 10.6. The molecular formula is C17H24N2O3. The zero-order valence-electron chi connectivity index (χ0n) is 13.3. The third-order valence-electron chi connectivity index (χ3n) is 4.55. The number of aryl methyl sites for hydroxylation is 2. The van der Waals surface area contributed by atoms with Crippen LogP contribution in [0.15, 0.2) is 12.1 Å². The first-order valence-electron chi connectivity index (χ1n) is 7.95. The number of carbonyl (C=O) groups excluding carboxylic acids is 1. The molecule has 0 radical (unpaired) electrons. The van der Waals surface area contributed by atoms with E-state index in [1.807, 2.05) is 11.0 Å². The topological polar surface area (TPSA) is 64.8 Å². The average Bonchev–Trinajstić information content (AvgIpc) is 2.76. The van der Waals surface area contributed by atoms with Gasteiger partial charge in [-0.05, 0) is 43.0 Å². The number of nitrogens with zero attached hydrogens (tertiary/aromatic N) is 1. The van der Waals surface area contributed by atoms with Crippen molar-refractivity contribution in [1.82, 2.24) is 4.90 Å². The molecule has 1 amide bonds. The first-order valence-corrected chi connectivity index (χ1v) is 7.95. The number of hydrogen-bond acceptors (Lipinski definition) is 4. The van der Waals surface area contributed by atoms with Gasteiger partial charge in [0.25, 0.3) is 5.91 Å². The van der Waals surface area contributed by atoms with Gasteiger partial charge in [-0.1, -0.05) is 6.07 Å². The van der Waals surface area contributed by atoms with Crippen molar-refractivity contribution in [2.75, 3.05) is 26.2 Å². The van der Waals surface area contributed by atoms with Gasteiger partial charge in [-0.3, -0.25) is 4.79 Å². The molecule has 2 atom stereocenters. The molecule has 3 rings (SSSR count). The molecule has 120 valence electrons. The van der Waals surface area contributed by atoms with Gasteiger partial charge in [-0.25, -0.2) is 0 Å². The normalized spacial score (nSPS) is 24.6. The fourth-order valence-corrected chi connectivity index (χ4v) is 3.09. The summed E-state index contributed by atoms with van der Waals surface area (Å²) in [6, 6.07) is 4.17. The molecule has 0 aliphatic carbocycles. The van der Waals surface area contributed by atoms with Crippen molar-refractivity contribution in [3.05, 3.63) is 28.8 Å². The Balaban J connectivity index is 1.71. The van der Waals surface area contributed by atoms with Crippen molar-refractivity contribution < 1.29 is 14.3 Å². The van der Waals surface area contributed by atoms with Gasteiger partial charge in [-0.2, -0.15) is 0 Å². The van der Waals surface area contributed by atoms with Crippen molar-refractivity contribution >= 4 is 5.91 Å². The number of fused-ring (bicyclic) bond motifs is 1. The molecule has 5 heteroatoms. The van der Waals surface area contributed by atoms with E-state index < -0.39 is 6.10 Å². The lowest BCUT2D eigenvalue weighted by Gasteiger charge is -2.25. The molecule has 0 bridgehead atoms. The minimum Gasteiger partial charge on any atom is -0.480 e. The maximum absolute atomic E-state index is 12.8. The van der Waals surface area contributed by atoms with Crippen LogP contribution >= 0.6 is 0 Å². The first kappa shape index (κ1) is 15.3. The van der Waals surface area contributed by atoms with Gasteiger partial charge in [0.05, 0.1) is 6.10 Å². The molecule has 1 aromatic rings. The van der Waals surface area contributed by atoms with E-state index in [0.29, 0.717) is 32.7 Å². The van der Waals surface area contributed by atoms with E-state index in [-0.39, 0.29) is 12.0 Å². The molecular weight excluding hydrogens is 280 g/mol. The van der Waals surface area contributed by atoms with E-state index in [0.717, 1.165) is 17.7 Å². The highest BCUT2D eigenvalue weighted by Crippen LogP contribution is 2.32. The van der Waals surface area contributed by atoms with Gasteiger partial charge in [0.2, 0.25) is 0 Å². The summed E-state index contributed by atoms with van der Waals surface area (Å²) < 4.78 is 11.5. The van der Waals surface area contributed by atoms with E-state index in [4.69, 9.17) is 15.2 Å². The fraction of sp³-hybridized carbons (Fsp3) is 0.588. The van der Waals surface area contributed by atoms with Gasteiger partial charge in [-0.15, -0.1) is 0 Å². The number of benzene rings is 1. The molecule has 1 aromatic carbocycles. The van der Waals surface area contributed by atoms with E-state index >= 15 is 0 Å². The van der Waals surface area contributed by atoms with Crippen LogP contribution in [0.25, 0.3) is 0 Å². The molecule has 1 saturated heterocycles. The van der Waals surface area contributed by atoms with Gasteiger partial charge in [0.15, 0.2) is 6.10 Å². The number of hydrogen-bond donors (Lipinski definition) is 1. The summed E-state index contributed by atoms with van der Waals surface area (Å²) >= 11 is 0. The Kier molecular flexibility index (Phi) is 4.36. The third kappa shape index (κ3) is 2.96. The van der Waals surface area contributed by atoms with Crippen LogP contribution in [0.2, 0.25) is 0 Å². The van der Waals surface area contributed by atoms with Crippen molar-refractivity contribution in [2.45, 2.75) is 38.9 Å². The SMILES string of the molecule is Cc1cc2c(cc1C)OC(C(=O)N1CCCOC(CN)C1)C2. The van der Waals surface area contributed by atoms with Crippen LogP contribution in [0.1, 0.15) is 23.1 Å². The molecule has 0 saturated carbocycles. The molecule has 2 aliphatic heterocycles. The molecule has 0 spiro atoms. The molecule has 2 heterocycles. The van der Waals surface area contributed by atoms with Gasteiger partial charge < -0.3 is 20.1 Å². The second kappa shape index (κ2) is 6.26. The van der Waals surface area contributed by atoms with Crippen LogP contribution in [0.5, 0.6) is 5.75 Å². The predicted molar refractivity (Wildman–Crippen MR) is 84.0 cm³/mol. The quantitative estimate of drug-likeness (QED) is 0.891. The van der Waals surface area contributed by atoms with E-state index in [1.165, 1.54) is 11.1 Å². The summed E-state index contributed by atoms with van der Waals surface area (Å²) in [6.07, 6.45) is 1.02. The highest BCUT2D eigenvalue weighted by atomic mass is 16.5. The summed E-state index contributed by atoms with van der Waals surface area (Å²) in [5.74, 6) is 0.901. The Morgan fingerprint density at radius 3 is 2.91 bits per heavy atom. The standard InChI is InChI=1S/C17H24N2O3/c1-11-6-13-8-16(22-15(13)7-12(11)2)17(20)19-4-3-5-21-14(9-18)10-19/h6-7,14,16H,3-5,8-10,18H2,1-2H3. The third-order valence-corrected chi connectivity index (χ3v) is 4.55. The van der Waals surface area contributed by atoms with Crippen LogP contribution in [-0.2, 0) is 16.0 Å². The van der Waals surface area contributed by atoms with Crippen molar-refractivity contribution in [3.8, 4) is 5.75 Å². The minimum absolute atomic E-state index is 0.0513. The largest absolute Gasteiger partial charge is 0.480 e. The highest BCUT2D eigenvalue weighted by molar-refractivity contribution is 5.82. The lowest BCUT2D eigenvalue weighted by atomic mass is 10.0. The van der Waals surface area contributed by atoms with Gasteiger partial charge in [0, 0.05) is 32.7 Å². The number of carbonyl (C=O) groups is 1. The summed E-state index contributed by atoms with van der Waals surface area (Å²) in [5, 5.41) is 0. The zero-order chi connectivity index (χ0) is 15.7. The Morgan fingerprint density at radius 1 is 1.36 bits per heavy atom. The van der Waals surface area contributed by atoms with E-state index in [1.54, 1.807) is 0 Å². The Morgan fingerprint density at radius 2 is 2.14 bits per heavy atom. The summed E-state index contributed by atoms with van der Waals surface area (Å²) in [6.45, 7) is 6.52. The summed E-state index contributed by atoms with van der Waals surface area (Å²) in [7, 11) is 0. The monoisotopic (exact) mass is 304 g/mol. The van der Waals surface area contributed by atoms with E-state index in [9.17, 15) is 4.79 Å². The Labute approximate surface area is 131 Å². The zero-order valence-corrected chi connectivity index (χ0v) is 13.3. The smallest absolute Gasteiger partial charge is 0.264 e. The molecule has 2 unspecified atom stereocenters. The van der Waals surface area contributed by atoms with Crippen LogP contribution < -0.4 is 10.5 Å². The molecule has 22 heavy (non-hydrogen) atoms. The molecule has 2 N–H and O–H groups in total. The van der Waals surface area contributed by atoms with Crippen LogP contribution in [0.3, 0.4) is 0 Å². The lowest BCUT2D eigenvalue weighted by Crippen LogP contribution is -2.45. The number of rotatable bonds is 2. The predicted octanol–water partition coefficient (Wildman–Crippen LogP) is 1.18. The maximum atomic E-state index is 12.8. The van der Waals surface area contributed by atoms with Crippen molar-refractivity contribution in [2.24, 2.45) is 5.73 Å². The van der Waals surface area contributed by atoms with Gasteiger partial charge in [0.1, 0.15) is 5.75 Å². The van der Waals surface area contributed by atoms with Crippen molar-refractivity contribution in [3.63, 3.8) is 0 Å². The summed E-state index contributed by atoms with van der Waals surface area (Å²) in [5.41, 5.74) is 9.25. The highest BCUT2D eigenvalue weighted by Gasteiger charge is 2.34. The fourth-order valence-electron chi connectivity index (χ4n) is 3.09. The summed E-state index contributed by atoms with van der Waals surface area (Å²) in [4.78, 5) is 14.6. The Hall–Kier alpha value is -1.59. The maximum Gasteiger partial charge on any atom is 0.264 e. The minimum atomic E-state index is -0.410. The molecule has 1 fully saturated rings. The number of ether oxygens (including phenoxy) is 2. The van der Waals surface area contributed by atoms with Crippen LogP contribution in [0.4, 0.5) is 0 Å². The number of amides is 1. The second-order valence-electron chi connectivity index (χ2n) is 6.22. The average molecular weight is 304 g/mol. The number of nitrogens with two attached hydrogens (primary N) is 1. The van der Waals surface area contributed by atoms with Gasteiger partial charge >= 0.3 is 0 Å².